The molecule has 0 aliphatic heterocycles. The van der Waals surface area contributed by atoms with Gasteiger partial charge in [-0.25, -0.2) is 0 Å². The maximum Gasteiger partial charge on any atom is 0.401 e. The molecule has 0 heterocycles. The smallest absolute Gasteiger partial charge is 0.401 e. The third-order valence-corrected chi connectivity index (χ3v) is 2.74. The van der Waals surface area contributed by atoms with E-state index in [4.69, 9.17) is 4.74 Å². The lowest BCUT2D eigenvalue weighted by Crippen LogP contribution is -2.31. The Hall–Kier alpha value is -1.23. The number of hydrogen-bond acceptors (Lipinski definition) is 2. The number of benzene rings is 1. The summed E-state index contributed by atoms with van der Waals surface area (Å²) in [5.41, 5.74) is 2.39. The predicted molar refractivity (Wildman–Crippen MR) is 69.7 cm³/mol. The van der Waals surface area contributed by atoms with Crippen LogP contribution in [0.5, 0.6) is 5.75 Å². The van der Waals surface area contributed by atoms with E-state index in [1.54, 1.807) is 0 Å². The number of nitrogens with one attached hydrogen (secondary N) is 1. The van der Waals surface area contributed by atoms with Gasteiger partial charge in [0.1, 0.15) is 12.4 Å². The Kier molecular flexibility index (Phi) is 5.66. The average Bonchev–Trinajstić information content (AvgIpc) is 2.26. The van der Waals surface area contributed by atoms with Gasteiger partial charge in [0.25, 0.3) is 0 Å². The zero-order chi connectivity index (χ0) is 14.5. The largest absolute Gasteiger partial charge is 0.492 e. The van der Waals surface area contributed by atoms with Crippen molar-refractivity contribution in [1.82, 2.24) is 5.32 Å². The van der Waals surface area contributed by atoms with Crippen molar-refractivity contribution in [1.29, 1.82) is 0 Å². The molecule has 2 nitrogen and oxygen atoms in total. The molecule has 1 aromatic rings. The molecule has 0 aliphatic carbocycles. The fourth-order valence-corrected chi connectivity index (χ4v) is 1.86. The molecular weight excluding hydrogens is 255 g/mol. The number of alkyl halides is 3. The second-order valence-electron chi connectivity index (χ2n) is 4.81. The summed E-state index contributed by atoms with van der Waals surface area (Å²) in [6, 6.07) is 5.77. The lowest BCUT2D eigenvalue weighted by molar-refractivity contribution is -0.124. The van der Waals surface area contributed by atoms with Crippen LogP contribution in [0.3, 0.4) is 0 Å². The Morgan fingerprint density at radius 1 is 1.26 bits per heavy atom. The number of rotatable bonds is 6. The number of halogens is 3. The molecule has 1 aromatic carbocycles. The fourth-order valence-electron chi connectivity index (χ4n) is 1.86. The molecule has 0 fully saturated rings. The van der Waals surface area contributed by atoms with Crippen molar-refractivity contribution in [2.45, 2.75) is 32.9 Å². The van der Waals surface area contributed by atoms with Gasteiger partial charge in [0.2, 0.25) is 0 Å². The van der Waals surface area contributed by atoms with Gasteiger partial charge in [-0.05, 0) is 36.1 Å². The third-order valence-electron chi connectivity index (χ3n) is 2.74. The Labute approximate surface area is 112 Å². The van der Waals surface area contributed by atoms with Crippen molar-refractivity contribution in [3.05, 3.63) is 29.3 Å². The molecule has 0 spiro atoms. The van der Waals surface area contributed by atoms with Gasteiger partial charge in [-0.15, -0.1) is 0 Å². The van der Waals surface area contributed by atoms with Gasteiger partial charge < -0.3 is 10.1 Å². The van der Waals surface area contributed by atoms with Crippen molar-refractivity contribution in [3.63, 3.8) is 0 Å². The van der Waals surface area contributed by atoms with E-state index in [0.29, 0.717) is 11.7 Å². The molecule has 19 heavy (non-hydrogen) atoms. The van der Waals surface area contributed by atoms with Crippen LogP contribution in [0.15, 0.2) is 18.2 Å². The van der Waals surface area contributed by atoms with E-state index in [2.05, 4.69) is 19.2 Å². The zero-order valence-corrected chi connectivity index (χ0v) is 11.5. The number of aryl methyl sites for hydroxylation is 1. The van der Waals surface area contributed by atoms with Gasteiger partial charge in [-0.2, -0.15) is 13.2 Å². The molecule has 0 aliphatic rings. The van der Waals surface area contributed by atoms with Gasteiger partial charge in [0, 0.05) is 6.54 Å². The van der Waals surface area contributed by atoms with Crippen molar-refractivity contribution in [2.24, 2.45) is 0 Å². The highest BCUT2D eigenvalue weighted by Gasteiger charge is 2.25. The lowest BCUT2D eigenvalue weighted by atomic mass is 9.98. The van der Waals surface area contributed by atoms with Crippen LogP contribution in [0.1, 0.15) is 30.9 Å². The van der Waals surface area contributed by atoms with E-state index in [-0.39, 0.29) is 13.2 Å². The molecule has 0 saturated heterocycles. The predicted octanol–water partition coefficient (Wildman–Crippen LogP) is 3.65. The average molecular weight is 275 g/mol. The molecule has 1 rings (SSSR count). The second-order valence-corrected chi connectivity index (χ2v) is 4.81. The second kappa shape index (κ2) is 6.80. The number of ether oxygens (including phenoxy) is 1. The molecule has 0 aromatic heterocycles. The monoisotopic (exact) mass is 275 g/mol. The van der Waals surface area contributed by atoms with Crippen LogP contribution < -0.4 is 10.1 Å². The minimum Gasteiger partial charge on any atom is -0.492 e. The Bertz CT molecular complexity index is 402. The molecule has 5 heteroatoms. The first-order valence-electron chi connectivity index (χ1n) is 6.30. The van der Waals surface area contributed by atoms with Gasteiger partial charge in [-0.1, -0.05) is 19.9 Å². The highest BCUT2D eigenvalue weighted by Crippen LogP contribution is 2.23. The van der Waals surface area contributed by atoms with Gasteiger partial charge in [0.05, 0.1) is 6.54 Å². The molecule has 0 saturated carbocycles. The highest BCUT2D eigenvalue weighted by atomic mass is 19.4. The Balaban J connectivity index is 2.36. The van der Waals surface area contributed by atoms with Crippen molar-refractivity contribution < 1.29 is 17.9 Å². The third kappa shape index (κ3) is 5.96. The maximum atomic E-state index is 11.9. The van der Waals surface area contributed by atoms with E-state index >= 15 is 0 Å². The molecule has 0 atom stereocenters. The van der Waals surface area contributed by atoms with Crippen molar-refractivity contribution in [2.75, 3.05) is 19.7 Å². The SMILES string of the molecule is Cc1cc(OCCNCC(F)(F)F)ccc1C(C)C. The van der Waals surface area contributed by atoms with E-state index in [9.17, 15) is 13.2 Å². The normalized spacial score (nSPS) is 11.9. The maximum absolute atomic E-state index is 11.9. The van der Waals surface area contributed by atoms with Crippen molar-refractivity contribution >= 4 is 0 Å². The molecule has 0 bridgehead atoms. The number of hydrogen-bond donors (Lipinski definition) is 1. The van der Waals surface area contributed by atoms with Gasteiger partial charge >= 0.3 is 6.18 Å². The van der Waals surface area contributed by atoms with Crippen LogP contribution in [0.4, 0.5) is 13.2 Å². The van der Waals surface area contributed by atoms with Crippen LogP contribution in [0.2, 0.25) is 0 Å². The summed E-state index contributed by atoms with van der Waals surface area (Å²) >= 11 is 0. The first kappa shape index (κ1) is 15.8. The van der Waals surface area contributed by atoms with E-state index in [1.165, 1.54) is 5.56 Å². The zero-order valence-electron chi connectivity index (χ0n) is 11.5. The molecule has 0 amide bonds. The summed E-state index contributed by atoms with van der Waals surface area (Å²) < 4.78 is 41.0. The van der Waals surface area contributed by atoms with E-state index < -0.39 is 12.7 Å². The summed E-state index contributed by atoms with van der Waals surface area (Å²) in [5, 5.41) is 2.29. The van der Waals surface area contributed by atoms with Gasteiger partial charge in [-0.3, -0.25) is 0 Å². The molecular formula is C14H20F3NO. The van der Waals surface area contributed by atoms with Crippen LogP contribution in [-0.4, -0.2) is 25.9 Å². The lowest BCUT2D eigenvalue weighted by Gasteiger charge is -2.13. The fraction of sp³-hybridized carbons (Fsp3) is 0.571. The van der Waals surface area contributed by atoms with E-state index in [0.717, 1.165) is 5.56 Å². The van der Waals surface area contributed by atoms with Crippen molar-refractivity contribution in [3.8, 4) is 5.75 Å². The van der Waals surface area contributed by atoms with Crippen LogP contribution in [0.25, 0.3) is 0 Å². The highest BCUT2D eigenvalue weighted by molar-refractivity contribution is 5.36. The summed E-state index contributed by atoms with van der Waals surface area (Å²) in [4.78, 5) is 0. The topological polar surface area (TPSA) is 21.3 Å². The summed E-state index contributed by atoms with van der Waals surface area (Å²) in [6.07, 6.45) is -4.17. The Morgan fingerprint density at radius 2 is 1.95 bits per heavy atom. The van der Waals surface area contributed by atoms with Crippen LogP contribution >= 0.6 is 0 Å². The van der Waals surface area contributed by atoms with Crippen LogP contribution in [0, 0.1) is 6.92 Å². The standard InChI is InChI=1S/C14H20F3NO/c1-10(2)13-5-4-12(8-11(13)3)19-7-6-18-9-14(15,16)17/h4-5,8,10,18H,6-7,9H2,1-3H3. The van der Waals surface area contributed by atoms with Gasteiger partial charge in [0.15, 0.2) is 0 Å². The van der Waals surface area contributed by atoms with Crippen LogP contribution in [-0.2, 0) is 0 Å². The molecule has 1 N–H and O–H groups in total. The summed E-state index contributed by atoms with van der Waals surface area (Å²) in [6.45, 7) is 5.64. The molecule has 0 unspecified atom stereocenters. The quantitative estimate of drug-likeness (QED) is 0.800. The molecule has 108 valence electrons. The summed E-state index contributed by atoms with van der Waals surface area (Å²) in [7, 11) is 0. The van der Waals surface area contributed by atoms with E-state index in [1.807, 2.05) is 25.1 Å². The minimum atomic E-state index is -4.17. The first-order chi connectivity index (χ1) is 8.79. The molecule has 0 radical (unpaired) electrons. The Morgan fingerprint density at radius 3 is 2.47 bits per heavy atom. The summed E-state index contributed by atoms with van der Waals surface area (Å²) in [5.74, 6) is 1.14. The first-order valence-corrected chi connectivity index (χ1v) is 6.30. The minimum absolute atomic E-state index is 0.171.